The molecule has 0 bridgehead atoms. The van der Waals surface area contributed by atoms with E-state index in [-0.39, 0.29) is 11.9 Å². The van der Waals surface area contributed by atoms with Crippen LogP contribution in [0.25, 0.3) is 5.69 Å². The van der Waals surface area contributed by atoms with Gasteiger partial charge in [-0.05, 0) is 32.4 Å². The molecule has 2 rings (SSSR count). The van der Waals surface area contributed by atoms with Gasteiger partial charge < -0.3 is 10.4 Å². The van der Waals surface area contributed by atoms with Gasteiger partial charge in [-0.2, -0.15) is 0 Å². The predicted octanol–water partition coefficient (Wildman–Crippen LogP) is 1.76. The van der Waals surface area contributed by atoms with E-state index < -0.39 is 6.10 Å². The van der Waals surface area contributed by atoms with E-state index in [0.717, 1.165) is 5.69 Å². The predicted molar refractivity (Wildman–Crippen MR) is 76.8 cm³/mol. The average Bonchev–Trinajstić information content (AvgIpc) is 2.87. The molecule has 2 aromatic rings. The normalized spacial score (nSPS) is 13.8. The maximum Gasteiger partial charge on any atom is 0.270 e. The summed E-state index contributed by atoms with van der Waals surface area (Å²) in [6.07, 6.45) is 3.23. The Hall–Kier alpha value is -2.14. The van der Waals surface area contributed by atoms with E-state index in [1.54, 1.807) is 17.8 Å². The van der Waals surface area contributed by atoms with Crippen LogP contribution in [0.3, 0.4) is 0 Å². The summed E-state index contributed by atoms with van der Waals surface area (Å²) >= 11 is 0. The van der Waals surface area contributed by atoms with Gasteiger partial charge in [-0.15, -0.1) is 0 Å². The standard InChI is InChI=1S/C15H19N3O2/c1-11(8-12(2)19)17-15(20)14-9-16-10-18(14)13-6-4-3-5-7-13/h3-7,9-12,19H,8H2,1-2H3,(H,17,20). The summed E-state index contributed by atoms with van der Waals surface area (Å²) in [5.41, 5.74) is 1.37. The van der Waals surface area contributed by atoms with Gasteiger partial charge in [0.2, 0.25) is 0 Å². The summed E-state index contributed by atoms with van der Waals surface area (Å²) in [7, 11) is 0. The van der Waals surface area contributed by atoms with Crippen LogP contribution in [0.4, 0.5) is 0 Å². The average molecular weight is 273 g/mol. The van der Waals surface area contributed by atoms with Crippen LogP contribution in [-0.2, 0) is 0 Å². The highest BCUT2D eigenvalue weighted by Gasteiger charge is 2.16. The van der Waals surface area contributed by atoms with Crippen molar-refractivity contribution >= 4 is 5.91 Å². The quantitative estimate of drug-likeness (QED) is 0.872. The molecule has 1 aromatic carbocycles. The molecular weight excluding hydrogens is 254 g/mol. The highest BCUT2D eigenvalue weighted by Crippen LogP contribution is 2.11. The van der Waals surface area contributed by atoms with Crippen molar-refractivity contribution in [1.82, 2.24) is 14.9 Å². The number of imidazole rings is 1. The minimum absolute atomic E-state index is 0.0957. The topological polar surface area (TPSA) is 67.2 Å². The number of para-hydroxylation sites is 1. The molecule has 0 saturated heterocycles. The first kappa shape index (κ1) is 14.3. The number of benzene rings is 1. The smallest absolute Gasteiger partial charge is 0.270 e. The molecule has 2 N–H and O–H groups in total. The van der Waals surface area contributed by atoms with Crippen molar-refractivity contribution in [1.29, 1.82) is 0 Å². The number of nitrogens with zero attached hydrogens (tertiary/aromatic N) is 2. The first-order chi connectivity index (χ1) is 9.58. The summed E-state index contributed by atoms with van der Waals surface area (Å²) in [4.78, 5) is 16.3. The van der Waals surface area contributed by atoms with Gasteiger partial charge in [0, 0.05) is 11.7 Å². The van der Waals surface area contributed by atoms with Gasteiger partial charge in [0.15, 0.2) is 0 Å². The molecule has 1 aromatic heterocycles. The number of aromatic nitrogens is 2. The molecule has 0 fully saturated rings. The lowest BCUT2D eigenvalue weighted by Gasteiger charge is -2.16. The van der Waals surface area contributed by atoms with E-state index in [2.05, 4.69) is 10.3 Å². The summed E-state index contributed by atoms with van der Waals surface area (Å²) in [5.74, 6) is -0.195. The number of nitrogens with one attached hydrogen (secondary N) is 1. The molecule has 0 aliphatic carbocycles. The molecule has 5 nitrogen and oxygen atoms in total. The van der Waals surface area contributed by atoms with E-state index >= 15 is 0 Å². The third-order valence-electron chi connectivity index (χ3n) is 2.98. The van der Waals surface area contributed by atoms with E-state index in [9.17, 15) is 9.90 Å². The van der Waals surface area contributed by atoms with Crippen LogP contribution in [0.5, 0.6) is 0 Å². The zero-order valence-electron chi connectivity index (χ0n) is 11.7. The fourth-order valence-electron chi connectivity index (χ4n) is 2.13. The van der Waals surface area contributed by atoms with Gasteiger partial charge in [0.25, 0.3) is 5.91 Å². The molecule has 0 saturated carbocycles. The van der Waals surface area contributed by atoms with Gasteiger partial charge >= 0.3 is 0 Å². The summed E-state index contributed by atoms with van der Waals surface area (Å²) < 4.78 is 1.74. The van der Waals surface area contributed by atoms with E-state index in [1.807, 2.05) is 37.3 Å². The maximum atomic E-state index is 12.2. The number of rotatable bonds is 5. The van der Waals surface area contributed by atoms with Gasteiger partial charge in [-0.1, -0.05) is 18.2 Å². The molecule has 0 spiro atoms. The van der Waals surface area contributed by atoms with E-state index in [4.69, 9.17) is 0 Å². The van der Waals surface area contributed by atoms with Gasteiger partial charge in [-0.25, -0.2) is 4.98 Å². The van der Waals surface area contributed by atoms with Gasteiger partial charge in [0.05, 0.1) is 18.6 Å². The second-order valence-electron chi connectivity index (χ2n) is 4.94. The number of hydrogen-bond donors (Lipinski definition) is 2. The van der Waals surface area contributed by atoms with Crippen LogP contribution in [0.15, 0.2) is 42.9 Å². The van der Waals surface area contributed by atoms with E-state index in [0.29, 0.717) is 12.1 Å². The lowest BCUT2D eigenvalue weighted by Crippen LogP contribution is -2.35. The highest BCUT2D eigenvalue weighted by atomic mass is 16.3. The van der Waals surface area contributed by atoms with Crippen molar-refractivity contribution in [3.05, 3.63) is 48.5 Å². The summed E-state index contributed by atoms with van der Waals surface area (Å²) in [6, 6.07) is 9.47. The maximum absolute atomic E-state index is 12.2. The Morgan fingerprint density at radius 2 is 2.05 bits per heavy atom. The molecule has 2 atom stereocenters. The third kappa shape index (κ3) is 3.45. The highest BCUT2D eigenvalue weighted by molar-refractivity contribution is 5.93. The zero-order chi connectivity index (χ0) is 14.5. The number of carbonyl (C=O) groups excluding carboxylic acids is 1. The Morgan fingerprint density at radius 1 is 1.35 bits per heavy atom. The molecule has 0 aliphatic rings. The Balaban J connectivity index is 2.14. The van der Waals surface area contributed by atoms with Crippen molar-refractivity contribution in [2.45, 2.75) is 32.4 Å². The Labute approximate surface area is 118 Å². The van der Waals surface area contributed by atoms with Crippen LogP contribution in [0.1, 0.15) is 30.8 Å². The first-order valence-electron chi connectivity index (χ1n) is 6.64. The number of aliphatic hydroxyl groups is 1. The number of carbonyl (C=O) groups is 1. The fourth-order valence-corrected chi connectivity index (χ4v) is 2.13. The van der Waals surface area contributed by atoms with E-state index in [1.165, 1.54) is 6.20 Å². The SMILES string of the molecule is CC(O)CC(C)NC(=O)c1cncn1-c1ccccc1. The van der Waals surface area contributed by atoms with Crippen LogP contribution in [0, 0.1) is 0 Å². The summed E-state index contributed by atoms with van der Waals surface area (Å²) in [6.45, 7) is 3.57. The monoisotopic (exact) mass is 273 g/mol. The molecular formula is C15H19N3O2. The van der Waals surface area contributed by atoms with Crippen molar-refractivity contribution < 1.29 is 9.90 Å². The Morgan fingerprint density at radius 3 is 2.70 bits per heavy atom. The second-order valence-corrected chi connectivity index (χ2v) is 4.94. The largest absolute Gasteiger partial charge is 0.393 e. The molecule has 5 heteroatoms. The van der Waals surface area contributed by atoms with Crippen LogP contribution in [-0.4, -0.2) is 32.7 Å². The van der Waals surface area contributed by atoms with Crippen LogP contribution < -0.4 is 5.32 Å². The third-order valence-corrected chi connectivity index (χ3v) is 2.98. The first-order valence-corrected chi connectivity index (χ1v) is 6.64. The zero-order valence-corrected chi connectivity index (χ0v) is 11.7. The van der Waals surface area contributed by atoms with Crippen molar-refractivity contribution in [3.63, 3.8) is 0 Å². The van der Waals surface area contributed by atoms with Gasteiger partial charge in [0.1, 0.15) is 5.69 Å². The van der Waals surface area contributed by atoms with Crippen LogP contribution >= 0.6 is 0 Å². The molecule has 0 radical (unpaired) electrons. The van der Waals surface area contributed by atoms with Crippen LogP contribution in [0.2, 0.25) is 0 Å². The molecule has 106 valence electrons. The van der Waals surface area contributed by atoms with Crippen molar-refractivity contribution in [2.24, 2.45) is 0 Å². The number of hydrogen-bond acceptors (Lipinski definition) is 3. The molecule has 0 aliphatic heterocycles. The summed E-state index contributed by atoms with van der Waals surface area (Å²) in [5, 5.41) is 12.2. The van der Waals surface area contributed by atoms with Gasteiger partial charge in [-0.3, -0.25) is 9.36 Å². The lowest BCUT2D eigenvalue weighted by atomic mass is 10.1. The molecule has 1 heterocycles. The minimum atomic E-state index is -0.440. The Kier molecular flexibility index (Phi) is 4.53. The minimum Gasteiger partial charge on any atom is -0.393 e. The number of amides is 1. The Bertz CT molecular complexity index is 564. The van der Waals surface area contributed by atoms with Crippen molar-refractivity contribution in [3.8, 4) is 5.69 Å². The van der Waals surface area contributed by atoms with Crippen molar-refractivity contribution in [2.75, 3.05) is 0 Å². The molecule has 20 heavy (non-hydrogen) atoms. The fraction of sp³-hybridized carbons (Fsp3) is 0.333. The molecule has 2 unspecified atom stereocenters. The number of aliphatic hydroxyl groups excluding tert-OH is 1. The second kappa shape index (κ2) is 6.34. The molecule has 1 amide bonds. The lowest BCUT2D eigenvalue weighted by molar-refractivity contribution is 0.0916.